The monoisotopic (exact) mass is 323 g/mol. The van der Waals surface area contributed by atoms with Gasteiger partial charge in [0.25, 0.3) is 0 Å². The number of aromatic hydroxyl groups is 1. The lowest BCUT2D eigenvalue weighted by atomic mass is 9.92. The van der Waals surface area contributed by atoms with Crippen molar-refractivity contribution in [1.29, 1.82) is 0 Å². The van der Waals surface area contributed by atoms with Crippen molar-refractivity contribution < 1.29 is 9.84 Å². The lowest BCUT2D eigenvalue weighted by Crippen LogP contribution is -2.18. The molecule has 0 aliphatic heterocycles. The Morgan fingerprint density at radius 3 is 2.53 bits per heavy atom. The molecule has 3 nitrogen and oxygen atoms in total. The van der Waals surface area contributed by atoms with E-state index in [0.717, 1.165) is 16.5 Å². The second-order valence-corrected chi connectivity index (χ2v) is 4.87. The Hall–Kier alpha value is -0.450. The number of hydrogen-bond acceptors (Lipinski definition) is 3. The fourth-order valence-electron chi connectivity index (χ4n) is 1.56. The summed E-state index contributed by atoms with van der Waals surface area (Å²) in [7, 11) is 1.53. The summed E-state index contributed by atoms with van der Waals surface area (Å²) in [6.07, 6.45) is 0.968. The van der Waals surface area contributed by atoms with Crippen LogP contribution in [0.3, 0.4) is 0 Å². The minimum Gasteiger partial charge on any atom is -0.504 e. The van der Waals surface area contributed by atoms with Crippen LogP contribution in [-0.2, 0) is 0 Å². The molecule has 0 fully saturated rings. The van der Waals surface area contributed by atoms with E-state index in [4.69, 9.17) is 10.5 Å². The topological polar surface area (TPSA) is 55.5 Å². The highest BCUT2D eigenvalue weighted by Gasteiger charge is 2.19. The summed E-state index contributed by atoms with van der Waals surface area (Å²) in [6, 6.07) is 3.38. The number of phenols is 1. The van der Waals surface area contributed by atoms with E-state index in [1.54, 1.807) is 6.07 Å². The molecule has 0 saturated heterocycles. The van der Waals surface area contributed by atoms with Gasteiger partial charge in [0.2, 0.25) is 0 Å². The van der Waals surface area contributed by atoms with Crippen LogP contribution in [0.5, 0.6) is 11.5 Å². The predicted octanol–water partition coefficient (Wildman–Crippen LogP) is 3.63. The van der Waals surface area contributed by atoms with Gasteiger partial charge in [0, 0.05) is 16.1 Å². The van der Waals surface area contributed by atoms with Crippen LogP contribution in [-0.4, -0.2) is 12.2 Å². The van der Waals surface area contributed by atoms with Gasteiger partial charge in [0.1, 0.15) is 0 Å². The largest absolute Gasteiger partial charge is 0.504 e. The average molecular weight is 325 g/mol. The molecule has 0 heterocycles. The van der Waals surface area contributed by atoms with Crippen LogP contribution in [0.15, 0.2) is 16.6 Å². The second kappa shape index (κ2) is 7.09. The molecule has 0 radical (unpaired) electrons. The molecular weight excluding hydrogens is 305 g/mol. The van der Waals surface area contributed by atoms with Crippen molar-refractivity contribution in [2.24, 2.45) is 11.7 Å². The highest BCUT2D eigenvalue weighted by Crippen LogP contribution is 2.38. The third-order valence-electron chi connectivity index (χ3n) is 2.91. The standard InChI is InChI=1S/C12H18BrNO2.ClH/c1-4-7(2)11(14)9-5-8(13)6-10(16-3)12(9)15;/h5-7,11,15H,4,14H2,1-3H3;1H/t7?,11-;/m1./s1. The first kappa shape index (κ1) is 16.6. The first-order valence-corrected chi connectivity index (χ1v) is 6.12. The van der Waals surface area contributed by atoms with Crippen LogP contribution >= 0.6 is 28.3 Å². The molecule has 0 bridgehead atoms. The highest BCUT2D eigenvalue weighted by atomic mass is 79.9. The zero-order valence-corrected chi connectivity index (χ0v) is 12.6. The normalized spacial score (nSPS) is 13.7. The lowest BCUT2D eigenvalue weighted by Gasteiger charge is -2.21. The van der Waals surface area contributed by atoms with Crippen molar-refractivity contribution in [1.82, 2.24) is 0 Å². The average Bonchev–Trinajstić information content (AvgIpc) is 2.29. The predicted molar refractivity (Wildman–Crippen MR) is 76.0 cm³/mol. The van der Waals surface area contributed by atoms with Gasteiger partial charge in [-0.15, -0.1) is 12.4 Å². The number of hydrogen-bond donors (Lipinski definition) is 2. The van der Waals surface area contributed by atoms with Gasteiger partial charge in [0.05, 0.1) is 7.11 Å². The van der Waals surface area contributed by atoms with E-state index < -0.39 is 0 Å². The number of rotatable bonds is 4. The smallest absolute Gasteiger partial charge is 0.162 e. The maximum Gasteiger partial charge on any atom is 0.162 e. The molecule has 1 aromatic carbocycles. The fraction of sp³-hybridized carbons (Fsp3) is 0.500. The minimum absolute atomic E-state index is 0. The van der Waals surface area contributed by atoms with E-state index >= 15 is 0 Å². The van der Waals surface area contributed by atoms with Crippen LogP contribution < -0.4 is 10.5 Å². The van der Waals surface area contributed by atoms with Gasteiger partial charge in [-0.3, -0.25) is 0 Å². The highest BCUT2D eigenvalue weighted by molar-refractivity contribution is 9.10. The van der Waals surface area contributed by atoms with Gasteiger partial charge in [-0.05, 0) is 18.1 Å². The second-order valence-electron chi connectivity index (χ2n) is 3.96. The van der Waals surface area contributed by atoms with Crippen LogP contribution in [0, 0.1) is 5.92 Å². The van der Waals surface area contributed by atoms with Crippen molar-refractivity contribution in [2.75, 3.05) is 7.11 Å². The molecule has 17 heavy (non-hydrogen) atoms. The van der Waals surface area contributed by atoms with Crippen molar-refractivity contribution in [3.8, 4) is 11.5 Å². The zero-order valence-electron chi connectivity index (χ0n) is 10.2. The number of methoxy groups -OCH3 is 1. The van der Waals surface area contributed by atoms with Crippen LogP contribution in [0.25, 0.3) is 0 Å². The Morgan fingerprint density at radius 2 is 2.06 bits per heavy atom. The summed E-state index contributed by atoms with van der Waals surface area (Å²) in [5.74, 6) is 0.895. The Labute approximate surface area is 117 Å². The molecule has 0 saturated carbocycles. The minimum atomic E-state index is -0.184. The maximum absolute atomic E-state index is 10.0. The lowest BCUT2D eigenvalue weighted by molar-refractivity contribution is 0.360. The van der Waals surface area contributed by atoms with Gasteiger partial charge in [-0.1, -0.05) is 36.2 Å². The molecule has 0 amide bonds. The zero-order chi connectivity index (χ0) is 12.3. The van der Waals surface area contributed by atoms with Gasteiger partial charge in [0.15, 0.2) is 11.5 Å². The van der Waals surface area contributed by atoms with E-state index in [1.165, 1.54) is 7.11 Å². The summed E-state index contributed by atoms with van der Waals surface area (Å²) < 4.78 is 5.95. The molecule has 0 aromatic heterocycles. The first-order chi connectivity index (χ1) is 7.51. The number of phenolic OH excluding ortho intramolecular Hbond substituents is 1. The van der Waals surface area contributed by atoms with Gasteiger partial charge in [-0.25, -0.2) is 0 Å². The van der Waals surface area contributed by atoms with Crippen LogP contribution in [0.2, 0.25) is 0 Å². The molecule has 2 atom stereocenters. The van der Waals surface area contributed by atoms with Crippen molar-refractivity contribution in [3.05, 3.63) is 22.2 Å². The van der Waals surface area contributed by atoms with Gasteiger partial charge < -0.3 is 15.6 Å². The van der Waals surface area contributed by atoms with Crippen LogP contribution in [0.1, 0.15) is 31.9 Å². The van der Waals surface area contributed by atoms with Crippen molar-refractivity contribution in [3.63, 3.8) is 0 Å². The summed E-state index contributed by atoms with van der Waals surface area (Å²) in [5, 5.41) is 10.0. The summed E-state index contributed by atoms with van der Waals surface area (Å²) >= 11 is 3.38. The molecule has 0 aliphatic carbocycles. The van der Waals surface area contributed by atoms with Crippen LogP contribution in [0.4, 0.5) is 0 Å². The third kappa shape index (κ3) is 3.76. The molecule has 98 valence electrons. The molecule has 5 heteroatoms. The number of ether oxygens (including phenoxy) is 1. The molecule has 0 spiro atoms. The Bertz CT molecular complexity index is 374. The first-order valence-electron chi connectivity index (χ1n) is 5.33. The Kier molecular flexibility index (Phi) is 6.90. The van der Waals surface area contributed by atoms with E-state index in [9.17, 15) is 5.11 Å². The fourth-order valence-corrected chi connectivity index (χ4v) is 2.02. The van der Waals surface area contributed by atoms with E-state index in [1.807, 2.05) is 6.07 Å². The Morgan fingerprint density at radius 1 is 1.47 bits per heavy atom. The summed E-state index contributed by atoms with van der Waals surface area (Å²) in [4.78, 5) is 0. The molecule has 1 aromatic rings. The van der Waals surface area contributed by atoms with Gasteiger partial charge in [-0.2, -0.15) is 0 Å². The quantitative estimate of drug-likeness (QED) is 0.889. The third-order valence-corrected chi connectivity index (χ3v) is 3.36. The number of halogens is 2. The molecule has 0 aliphatic rings. The summed E-state index contributed by atoms with van der Waals surface area (Å²) in [6.45, 7) is 4.15. The van der Waals surface area contributed by atoms with Crippen molar-refractivity contribution >= 4 is 28.3 Å². The molecule has 3 N–H and O–H groups in total. The van der Waals surface area contributed by atoms with E-state index in [2.05, 4.69) is 29.8 Å². The van der Waals surface area contributed by atoms with E-state index in [-0.39, 0.29) is 24.2 Å². The Balaban J connectivity index is 0.00000256. The molecule has 1 unspecified atom stereocenters. The summed E-state index contributed by atoms with van der Waals surface area (Å²) in [5.41, 5.74) is 6.83. The van der Waals surface area contributed by atoms with Gasteiger partial charge >= 0.3 is 0 Å². The maximum atomic E-state index is 10.0. The van der Waals surface area contributed by atoms with E-state index in [0.29, 0.717) is 11.7 Å². The molecule has 1 rings (SSSR count). The van der Waals surface area contributed by atoms with Crippen molar-refractivity contribution in [2.45, 2.75) is 26.3 Å². The SMILES string of the molecule is CCC(C)[C@@H](N)c1cc(Br)cc(OC)c1O.Cl. The molecular formula is C12H19BrClNO2. The number of benzene rings is 1. The number of nitrogens with two attached hydrogens (primary N) is 1.